The number of aliphatic hydroxyl groups is 1. The maximum Gasteiger partial charge on any atom is 0.251 e. The molecule has 0 fully saturated rings. The number of benzene rings is 2. The van der Waals surface area contributed by atoms with Gasteiger partial charge < -0.3 is 15.7 Å². The van der Waals surface area contributed by atoms with Crippen molar-refractivity contribution >= 4 is 17.5 Å². The molecule has 0 heterocycles. The van der Waals surface area contributed by atoms with E-state index in [1.807, 2.05) is 13.8 Å². The molecule has 132 valence electrons. The van der Waals surface area contributed by atoms with Gasteiger partial charge in [-0.05, 0) is 55.8 Å². The van der Waals surface area contributed by atoms with E-state index in [1.54, 1.807) is 30.3 Å². The minimum atomic E-state index is -1.09. The minimum Gasteiger partial charge on any atom is -0.388 e. The minimum absolute atomic E-state index is 0.0381. The molecule has 5 nitrogen and oxygen atoms in total. The van der Waals surface area contributed by atoms with Crippen LogP contribution in [0.2, 0.25) is 0 Å². The highest BCUT2D eigenvalue weighted by atomic mass is 19.1. The Balaban J connectivity index is 1.93. The fourth-order valence-electron chi connectivity index (χ4n) is 2.27. The van der Waals surface area contributed by atoms with E-state index in [0.717, 1.165) is 0 Å². The summed E-state index contributed by atoms with van der Waals surface area (Å²) < 4.78 is 13.1. The summed E-state index contributed by atoms with van der Waals surface area (Å²) >= 11 is 0. The lowest BCUT2D eigenvalue weighted by Crippen LogP contribution is -2.30. The van der Waals surface area contributed by atoms with Gasteiger partial charge in [0.05, 0.1) is 12.5 Å². The van der Waals surface area contributed by atoms with Crippen molar-refractivity contribution in [3.63, 3.8) is 0 Å². The van der Waals surface area contributed by atoms with E-state index in [0.29, 0.717) is 16.8 Å². The molecule has 1 atom stereocenters. The molecule has 0 spiro atoms. The number of amides is 2. The van der Waals surface area contributed by atoms with Crippen molar-refractivity contribution in [2.75, 3.05) is 5.32 Å². The van der Waals surface area contributed by atoms with E-state index in [2.05, 4.69) is 10.6 Å². The molecule has 0 aliphatic rings. The molecule has 6 heteroatoms. The normalized spacial score (nSPS) is 11.9. The molecule has 0 radical (unpaired) electrons. The molecular weight excluding hydrogens is 323 g/mol. The summed E-state index contributed by atoms with van der Waals surface area (Å²) in [5.74, 6) is -1.06. The number of nitrogens with one attached hydrogen (secondary N) is 2. The zero-order chi connectivity index (χ0) is 18.4. The number of hydrogen-bond donors (Lipinski definition) is 3. The van der Waals surface area contributed by atoms with Crippen molar-refractivity contribution in [2.45, 2.75) is 32.4 Å². The van der Waals surface area contributed by atoms with Crippen LogP contribution in [-0.4, -0.2) is 23.0 Å². The van der Waals surface area contributed by atoms with Crippen LogP contribution in [0.1, 0.15) is 42.3 Å². The Morgan fingerprint density at radius 3 is 2.40 bits per heavy atom. The maximum absolute atomic E-state index is 13.1. The third-order valence-corrected chi connectivity index (χ3v) is 3.46. The largest absolute Gasteiger partial charge is 0.388 e. The highest BCUT2D eigenvalue weighted by molar-refractivity contribution is 5.96. The number of carbonyl (C=O) groups is 2. The highest BCUT2D eigenvalue weighted by Crippen LogP contribution is 2.18. The van der Waals surface area contributed by atoms with Gasteiger partial charge in [0.15, 0.2) is 0 Å². The van der Waals surface area contributed by atoms with E-state index in [-0.39, 0.29) is 18.4 Å². The Hall–Kier alpha value is -2.73. The first-order chi connectivity index (χ1) is 11.8. The molecule has 2 rings (SSSR count). The molecule has 0 aliphatic carbocycles. The number of halogens is 1. The predicted molar refractivity (Wildman–Crippen MR) is 93.7 cm³/mol. The molecule has 0 saturated heterocycles. The molecular formula is C19H21FN2O3. The molecule has 2 aromatic carbocycles. The second-order valence-electron chi connectivity index (χ2n) is 6.03. The second-order valence-corrected chi connectivity index (χ2v) is 6.03. The first-order valence-corrected chi connectivity index (χ1v) is 7.99. The van der Waals surface area contributed by atoms with Crippen LogP contribution in [0.15, 0.2) is 48.5 Å². The van der Waals surface area contributed by atoms with Crippen LogP contribution in [0.4, 0.5) is 10.1 Å². The summed E-state index contributed by atoms with van der Waals surface area (Å²) in [7, 11) is 0. The van der Waals surface area contributed by atoms with E-state index in [1.165, 1.54) is 18.2 Å². The molecule has 1 unspecified atom stereocenters. The number of hydrogen-bond acceptors (Lipinski definition) is 3. The monoisotopic (exact) mass is 344 g/mol. The van der Waals surface area contributed by atoms with Gasteiger partial charge in [-0.25, -0.2) is 4.39 Å². The smallest absolute Gasteiger partial charge is 0.251 e. The number of carbonyl (C=O) groups excluding carboxylic acids is 2. The first-order valence-electron chi connectivity index (χ1n) is 7.99. The van der Waals surface area contributed by atoms with Gasteiger partial charge in [0, 0.05) is 17.3 Å². The Bertz CT molecular complexity index is 745. The van der Waals surface area contributed by atoms with Gasteiger partial charge in [-0.2, -0.15) is 0 Å². The summed E-state index contributed by atoms with van der Waals surface area (Å²) in [6, 6.07) is 12.0. The molecule has 3 N–H and O–H groups in total. The van der Waals surface area contributed by atoms with Gasteiger partial charge in [0.1, 0.15) is 5.82 Å². The molecule has 0 bridgehead atoms. The summed E-state index contributed by atoms with van der Waals surface area (Å²) in [4.78, 5) is 23.9. The van der Waals surface area contributed by atoms with Gasteiger partial charge in [0.2, 0.25) is 5.91 Å². The van der Waals surface area contributed by atoms with Crippen molar-refractivity contribution in [1.82, 2.24) is 5.32 Å². The topological polar surface area (TPSA) is 78.4 Å². The van der Waals surface area contributed by atoms with Crippen LogP contribution in [-0.2, 0) is 4.79 Å². The van der Waals surface area contributed by atoms with Gasteiger partial charge in [-0.1, -0.05) is 12.1 Å². The van der Waals surface area contributed by atoms with E-state index < -0.39 is 17.8 Å². The average molecular weight is 344 g/mol. The zero-order valence-corrected chi connectivity index (χ0v) is 14.1. The Labute approximate surface area is 145 Å². The van der Waals surface area contributed by atoms with Crippen LogP contribution in [0.25, 0.3) is 0 Å². The van der Waals surface area contributed by atoms with E-state index >= 15 is 0 Å². The molecule has 2 amide bonds. The summed E-state index contributed by atoms with van der Waals surface area (Å²) in [6.07, 6.45) is -1.29. The highest BCUT2D eigenvalue weighted by Gasteiger charge is 2.14. The molecule has 0 aromatic heterocycles. The standard InChI is InChI=1S/C19H21FN2O3/c1-12(2)21-19(25)13-6-8-16(9-7-13)22-18(24)11-17(23)14-4-3-5-15(20)10-14/h3-10,12,17,23H,11H2,1-2H3,(H,21,25)(H,22,24). The maximum atomic E-state index is 13.1. The van der Waals surface area contributed by atoms with Crippen molar-refractivity contribution in [2.24, 2.45) is 0 Å². The second kappa shape index (κ2) is 8.39. The number of anilines is 1. The fraction of sp³-hybridized carbons (Fsp3) is 0.263. The zero-order valence-electron chi connectivity index (χ0n) is 14.1. The Morgan fingerprint density at radius 1 is 1.12 bits per heavy atom. The third-order valence-electron chi connectivity index (χ3n) is 3.46. The molecule has 2 aromatic rings. The predicted octanol–water partition coefficient (Wildman–Crippen LogP) is 3.03. The summed E-state index contributed by atoms with van der Waals surface area (Å²) in [6.45, 7) is 3.74. The van der Waals surface area contributed by atoms with Gasteiger partial charge in [-0.3, -0.25) is 9.59 Å². The van der Waals surface area contributed by atoms with Crippen LogP contribution in [0.3, 0.4) is 0 Å². The molecule has 0 aliphatic heterocycles. The van der Waals surface area contributed by atoms with Gasteiger partial charge >= 0.3 is 0 Å². The molecule has 0 saturated carbocycles. The van der Waals surface area contributed by atoms with Crippen LogP contribution >= 0.6 is 0 Å². The van der Waals surface area contributed by atoms with Crippen LogP contribution in [0, 0.1) is 5.82 Å². The van der Waals surface area contributed by atoms with E-state index in [4.69, 9.17) is 0 Å². The average Bonchev–Trinajstić information content (AvgIpc) is 2.54. The van der Waals surface area contributed by atoms with Crippen molar-refractivity contribution in [3.05, 3.63) is 65.5 Å². The lowest BCUT2D eigenvalue weighted by atomic mass is 10.1. The lowest BCUT2D eigenvalue weighted by molar-refractivity contribution is -0.118. The van der Waals surface area contributed by atoms with Crippen molar-refractivity contribution in [1.29, 1.82) is 0 Å². The Morgan fingerprint density at radius 2 is 1.80 bits per heavy atom. The quantitative estimate of drug-likeness (QED) is 0.754. The van der Waals surface area contributed by atoms with Gasteiger partial charge in [0.25, 0.3) is 5.91 Å². The van der Waals surface area contributed by atoms with Crippen molar-refractivity contribution in [3.8, 4) is 0 Å². The van der Waals surface area contributed by atoms with Gasteiger partial charge in [-0.15, -0.1) is 0 Å². The SMILES string of the molecule is CC(C)NC(=O)c1ccc(NC(=O)CC(O)c2cccc(F)c2)cc1. The number of aliphatic hydroxyl groups excluding tert-OH is 1. The van der Waals surface area contributed by atoms with E-state index in [9.17, 15) is 19.1 Å². The van der Waals surface area contributed by atoms with Crippen LogP contribution in [0.5, 0.6) is 0 Å². The third kappa shape index (κ3) is 5.69. The summed E-state index contributed by atoms with van der Waals surface area (Å²) in [5.41, 5.74) is 1.35. The Kier molecular flexibility index (Phi) is 6.25. The lowest BCUT2D eigenvalue weighted by Gasteiger charge is -2.12. The first kappa shape index (κ1) is 18.6. The van der Waals surface area contributed by atoms with Crippen molar-refractivity contribution < 1.29 is 19.1 Å². The number of rotatable bonds is 6. The molecule has 25 heavy (non-hydrogen) atoms. The van der Waals surface area contributed by atoms with Crippen LogP contribution < -0.4 is 10.6 Å². The fourth-order valence-corrected chi connectivity index (χ4v) is 2.27. The summed E-state index contributed by atoms with van der Waals surface area (Å²) in [5, 5.41) is 15.4.